The van der Waals surface area contributed by atoms with Gasteiger partial charge in [0, 0.05) is 11.9 Å². The van der Waals surface area contributed by atoms with Crippen molar-refractivity contribution >= 4 is 40.7 Å². The molecule has 2 N–H and O–H groups in total. The van der Waals surface area contributed by atoms with E-state index in [0.29, 0.717) is 22.4 Å². The van der Waals surface area contributed by atoms with Crippen molar-refractivity contribution in [1.29, 1.82) is 0 Å². The molecule has 3 rings (SSSR count). The third kappa shape index (κ3) is 4.54. The van der Waals surface area contributed by atoms with Gasteiger partial charge in [0.2, 0.25) is 5.95 Å². The Morgan fingerprint density at radius 2 is 1.81 bits per heavy atom. The van der Waals surface area contributed by atoms with Crippen molar-refractivity contribution in [2.24, 2.45) is 0 Å². The van der Waals surface area contributed by atoms with Crippen LogP contribution in [0.5, 0.6) is 0 Å². The molecule has 0 aliphatic rings. The Bertz CT molecular complexity index is 951. The third-order valence-corrected chi connectivity index (χ3v) is 4.20. The molecule has 27 heavy (non-hydrogen) atoms. The van der Waals surface area contributed by atoms with Gasteiger partial charge in [-0.15, -0.1) is 0 Å². The van der Waals surface area contributed by atoms with E-state index < -0.39 is 0 Å². The average molecular weight is 383 g/mol. The highest BCUT2D eigenvalue weighted by atomic mass is 35.5. The Morgan fingerprint density at radius 1 is 1.07 bits per heavy atom. The normalized spacial score (nSPS) is 10.4. The van der Waals surface area contributed by atoms with Gasteiger partial charge in [0.05, 0.1) is 23.4 Å². The molecule has 6 nitrogen and oxygen atoms in total. The fraction of sp³-hybridized carbons (Fsp3) is 0.150. The summed E-state index contributed by atoms with van der Waals surface area (Å²) in [5.41, 5.74) is 4.18. The lowest BCUT2D eigenvalue weighted by atomic mass is 10.1. The van der Waals surface area contributed by atoms with Crippen LogP contribution in [0.15, 0.2) is 48.7 Å². The number of hydrogen-bond acceptors (Lipinski definition) is 6. The SMILES string of the molecule is COC(=O)c1ccc(Nc2nccc(Nc3c(C)cc(C)cc3Cl)n2)cc1. The van der Waals surface area contributed by atoms with Crippen LogP contribution < -0.4 is 10.6 Å². The van der Waals surface area contributed by atoms with Crippen LogP contribution in [0, 0.1) is 13.8 Å². The molecule has 0 saturated carbocycles. The molecule has 138 valence electrons. The van der Waals surface area contributed by atoms with Crippen molar-refractivity contribution in [2.75, 3.05) is 17.7 Å². The van der Waals surface area contributed by atoms with E-state index in [1.807, 2.05) is 19.9 Å². The quantitative estimate of drug-likeness (QED) is 0.603. The van der Waals surface area contributed by atoms with Gasteiger partial charge in [-0.25, -0.2) is 9.78 Å². The number of methoxy groups -OCH3 is 1. The van der Waals surface area contributed by atoms with Crippen LogP contribution in [-0.2, 0) is 4.74 Å². The molecule has 0 aliphatic carbocycles. The maximum atomic E-state index is 11.5. The van der Waals surface area contributed by atoms with E-state index in [9.17, 15) is 4.79 Å². The summed E-state index contributed by atoms with van der Waals surface area (Å²) in [7, 11) is 1.35. The van der Waals surface area contributed by atoms with Crippen LogP contribution in [0.1, 0.15) is 21.5 Å². The van der Waals surface area contributed by atoms with Crippen molar-refractivity contribution in [3.05, 3.63) is 70.4 Å². The van der Waals surface area contributed by atoms with E-state index in [0.717, 1.165) is 22.5 Å². The van der Waals surface area contributed by atoms with Gasteiger partial charge in [-0.3, -0.25) is 0 Å². The van der Waals surface area contributed by atoms with E-state index >= 15 is 0 Å². The van der Waals surface area contributed by atoms with E-state index in [1.165, 1.54) is 7.11 Å². The molecule has 0 aliphatic heterocycles. The van der Waals surface area contributed by atoms with Crippen LogP contribution >= 0.6 is 11.6 Å². The molecule has 1 aromatic heterocycles. The smallest absolute Gasteiger partial charge is 0.337 e. The Labute approximate surface area is 162 Å². The number of carbonyl (C=O) groups is 1. The number of esters is 1. The minimum absolute atomic E-state index is 0.380. The lowest BCUT2D eigenvalue weighted by Crippen LogP contribution is -2.03. The van der Waals surface area contributed by atoms with Gasteiger partial charge in [-0.1, -0.05) is 17.7 Å². The predicted molar refractivity (Wildman–Crippen MR) is 107 cm³/mol. The molecule has 0 fully saturated rings. The third-order valence-electron chi connectivity index (χ3n) is 3.90. The van der Waals surface area contributed by atoms with E-state index in [-0.39, 0.29) is 5.97 Å². The first-order chi connectivity index (χ1) is 13.0. The van der Waals surface area contributed by atoms with Gasteiger partial charge in [-0.05, 0) is 61.4 Å². The summed E-state index contributed by atoms with van der Waals surface area (Å²) in [6.07, 6.45) is 1.65. The molecule has 0 unspecified atom stereocenters. The Hall–Kier alpha value is -3.12. The van der Waals surface area contributed by atoms with Crippen LogP contribution in [-0.4, -0.2) is 23.0 Å². The molecule has 1 heterocycles. The van der Waals surface area contributed by atoms with Gasteiger partial charge in [-0.2, -0.15) is 4.98 Å². The molecule has 0 saturated heterocycles. The molecule has 0 amide bonds. The highest BCUT2D eigenvalue weighted by Gasteiger charge is 2.08. The van der Waals surface area contributed by atoms with Gasteiger partial charge >= 0.3 is 5.97 Å². The topological polar surface area (TPSA) is 76.1 Å². The van der Waals surface area contributed by atoms with Gasteiger partial charge in [0.25, 0.3) is 0 Å². The largest absolute Gasteiger partial charge is 0.465 e. The van der Waals surface area contributed by atoms with Crippen molar-refractivity contribution in [3.63, 3.8) is 0 Å². The van der Waals surface area contributed by atoms with Crippen molar-refractivity contribution < 1.29 is 9.53 Å². The fourth-order valence-electron chi connectivity index (χ4n) is 2.63. The number of hydrogen-bond donors (Lipinski definition) is 2. The standard InChI is InChI=1S/C20H19ClN4O2/c1-12-10-13(2)18(16(21)11-12)24-17-8-9-22-20(25-17)23-15-6-4-14(5-7-15)19(26)27-3/h4-11H,1-3H3,(H2,22,23,24,25). The van der Waals surface area contributed by atoms with Gasteiger partial charge < -0.3 is 15.4 Å². The molecule has 7 heteroatoms. The molecular weight excluding hydrogens is 364 g/mol. The van der Waals surface area contributed by atoms with E-state index in [2.05, 4.69) is 26.7 Å². The number of anilines is 4. The number of rotatable bonds is 5. The number of nitrogens with zero attached hydrogens (tertiary/aromatic N) is 2. The average Bonchev–Trinajstić information content (AvgIpc) is 2.65. The first kappa shape index (κ1) is 18.7. The number of benzene rings is 2. The summed E-state index contributed by atoms with van der Waals surface area (Å²) in [5, 5.41) is 6.98. The molecule has 0 bridgehead atoms. The summed E-state index contributed by atoms with van der Waals surface area (Å²) < 4.78 is 4.69. The first-order valence-electron chi connectivity index (χ1n) is 8.28. The lowest BCUT2D eigenvalue weighted by molar-refractivity contribution is 0.0601. The summed E-state index contributed by atoms with van der Waals surface area (Å²) in [6.45, 7) is 3.99. The molecular formula is C20H19ClN4O2. The van der Waals surface area contributed by atoms with Crippen molar-refractivity contribution in [3.8, 4) is 0 Å². The second kappa shape index (κ2) is 8.05. The molecule has 0 spiro atoms. The van der Waals surface area contributed by atoms with Crippen LogP contribution in [0.3, 0.4) is 0 Å². The highest BCUT2D eigenvalue weighted by molar-refractivity contribution is 6.33. The number of carbonyl (C=O) groups excluding carboxylic acids is 1. The van der Waals surface area contributed by atoms with Crippen LogP contribution in [0.25, 0.3) is 0 Å². The van der Waals surface area contributed by atoms with Gasteiger partial charge in [0.15, 0.2) is 0 Å². The monoisotopic (exact) mass is 382 g/mol. The maximum absolute atomic E-state index is 11.5. The summed E-state index contributed by atoms with van der Waals surface area (Å²) in [6, 6.07) is 12.6. The summed E-state index contributed by atoms with van der Waals surface area (Å²) in [4.78, 5) is 20.2. The number of ether oxygens (including phenoxy) is 1. The Kier molecular flexibility index (Phi) is 5.57. The van der Waals surface area contributed by atoms with Crippen molar-refractivity contribution in [2.45, 2.75) is 13.8 Å². The predicted octanol–water partition coefficient (Wildman–Crippen LogP) is 5.02. The highest BCUT2D eigenvalue weighted by Crippen LogP contribution is 2.30. The zero-order valence-corrected chi connectivity index (χ0v) is 16.0. The minimum Gasteiger partial charge on any atom is -0.465 e. The number of halogens is 1. The second-order valence-corrected chi connectivity index (χ2v) is 6.43. The van der Waals surface area contributed by atoms with E-state index in [4.69, 9.17) is 16.3 Å². The Balaban J connectivity index is 1.77. The maximum Gasteiger partial charge on any atom is 0.337 e. The molecule has 0 atom stereocenters. The molecule has 0 radical (unpaired) electrons. The van der Waals surface area contributed by atoms with Crippen LogP contribution in [0.4, 0.5) is 23.1 Å². The Morgan fingerprint density at radius 3 is 2.48 bits per heavy atom. The first-order valence-corrected chi connectivity index (χ1v) is 8.66. The summed E-state index contributed by atoms with van der Waals surface area (Å²) in [5.74, 6) is 0.661. The minimum atomic E-state index is -0.380. The lowest BCUT2D eigenvalue weighted by Gasteiger charge is -2.13. The molecule has 2 aromatic carbocycles. The zero-order valence-electron chi connectivity index (χ0n) is 15.2. The number of aryl methyl sites for hydroxylation is 2. The fourth-order valence-corrected chi connectivity index (χ4v) is 3.00. The number of aromatic nitrogens is 2. The second-order valence-electron chi connectivity index (χ2n) is 6.02. The summed E-state index contributed by atoms with van der Waals surface area (Å²) >= 11 is 6.35. The van der Waals surface area contributed by atoms with Gasteiger partial charge in [0.1, 0.15) is 5.82 Å². The van der Waals surface area contributed by atoms with Crippen molar-refractivity contribution in [1.82, 2.24) is 9.97 Å². The zero-order chi connectivity index (χ0) is 19.4. The molecule has 3 aromatic rings. The number of nitrogens with one attached hydrogen (secondary N) is 2. The van der Waals surface area contributed by atoms with Crippen LogP contribution in [0.2, 0.25) is 5.02 Å². The van der Waals surface area contributed by atoms with E-state index in [1.54, 1.807) is 36.5 Å².